The lowest BCUT2D eigenvalue weighted by atomic mass is 9.91. The summed E-state index contributed by atoms with van der Waals surface area (Å²) in [4.78, 5) is 31.9. The predicted octanol–water partition coefficient (Wildman–Crippen LogP) is 3.43. The molecule has 2 rings (SSSR count). The average molecular weight is 422 g/mol. The molecule has 1 saturated carbocycles. The molecule has 3 N–H and O–H groups in total. The highest BCUT2D eigenvalue weighted by Gasteiger charge is 2.61. The molecule has 1 aliphatic carbocycles. The Morgan fingerprint density at radius 3 is 2.40 bits per heavy atom. The summed E-state index contributed by atoms with van der Waals surface area (Å²) in [7, 11) is 0. The number of nitrogens with one attached hydrogen (secondary N) is 2. The zero-order valence-corrected chi connectivity index (χ0v) is 18.9. The van der Waals surface area contributed by atoms with Gasteiger partial charge in [0.25, 0.3) is 0 Å². The number of hydrogen-bond donors (Lipinski definition) is 3. The lowest BCUT2D eigenvalue weighted by Crippen LogP contribution is -2.41. The van der Waals surface area contributed by atoms with Gasteiger partial charge in [0.15, 0.2) is 0 Å². The molecule has 7 nitrogen and oxygen atoms in total. The summed E-state index contributed by atoms with van der Waals surface area (Å²) in [5, 5.41) is 11.3. The molecule has 0 spiro atoms. The molecular weight excluding hydrogens is 382 g/mol. The van der Waals surface area contributed by atoms with E-state index >= 15 is 0 Å². The first-order chi connectivity index (χ1) is 14.6. The lowest BCUT2D eigenvalue weighted by molar-refractivity contribution is -0.134. The fourth-order valence-electron chi connectivity index (χ4n) is 3.85. The van der Waals surface area contributed by atoms with Gasteiger partial charge in [-0.15, -0.1) is 0 Å². The number of amides is 2. The Hall–Kier alpha value is -1.96. The molecule has 0 saturated heterocycles. The molecule has 0 aliphatic heterocycles. The summed E-state index contributed by atoms with van der Waals surface area (Å²) in [6.45, 7) is 10.3. The molecule has 1 aliphatic rings. The van der Waals surface area contributed by atoms with Crippen molar-refractivity contribution in [3.05, 3.63) is 35.9 Å². The maximum Gasteiger partial charge on any atom is 0.233 e. The number of hydrogen-bond acceptors (Lipinski definition) is 5. The minimum Gasteiger partial charge on any atom is -0.356 e. The Balaban J connectivity index is 0.00000218. The molecule has 2 atom stereocenters. The molecule has 1 fully saturated rings. The van der Waals surface area contributed by atoms with E-state index in [2.05, 4.69) is 10.2 Å². The predicted molar refractivity (Wildman–Crippen MR) is 118 cm³/mol. The third-order valence-corrected chi connectivity index (χ3v) is 5.59. The summed E-state index contributed by atoms with van der Waals surface area (Å²) in [5.41, 5.74) is 2.18. The number of carbonyl (C=O) groups is 2. The van der Waals surface area contributed by atoms with Crippen LogP contribution in [0.1, 0.15) is 65.4 Å². The minimum atomic E-state index is -0.505. The molecule has 2 amide bonds. The highest BCUT2D eigenvalue weighted by Crippen LogP contribution is 2.55. The van der Waals surface area contributed by atoms with Crippen LogP contribution in [-0.2, 0) is 19.8 Å². The van der Waals surface area contributed by atoms with Gasteiger partial charge in [-0.3, -0.25) is 19.6 Å². The van der Waals surface area contributed by atoms with Gasteiger partial charge in [0.05, 0.1) is 12.0 Å². The molecular formula is C23H39N3O4. The van der Waals surface area contributed by atoms with Crippen LogP contribution in [0.15, 0.2) is 30.3 Å². The first-order valence-corrected chi connectivity index (χ1v) is 11.2. The summed E-state index contributed by atoms with van der Waals surface area (Å²) in [6.07, 6.45) is 3.64. The second-order valence-corrected chi connectivity index (χ2v) is 7.27. The number of benzene rings is 1. The Kier molecular flexibility index (Phi) is 12.3. The van der Waals surface area contributed by atoms with Crippen LogP contribution in [0.25, 0.3) is 0 Å². The van der Waals surface area contributed by atoms with Crippen LogP contribution < -0.4 is 11.0 Å². The lowest BCUT2D eigenvalue weighted by Gasteiger charge is -2.26. The quantitative estimate of drug-likeness (QED) is 0.335. The van der Waals surface area contributed by atoms with Crippen molar-refractivity contribution in [3.8, 4) is 0 Å². The van der Waals surface area contributed by atoms with E-state index in [0.717, 1.165) is 31.2 Å². The van der Waals surface area contributed by atoms with E-state index in [4.69, 9.17) is 5.21 Å². The fraction of sp³-hybridized carbons (Fsp3) is 0.652. The zero-order valence-electron chi connectivity index (χ0n) is 18.9. The van der Waals surface area contributed by atoms with Crippen LogP contribution in [0, 0.1) is 5.92 Å². The SMILES string of the molecule is CC.CCN(CC)C(=O)[C@]1(c2ccccc2)C[C@@H]1CNC(=O)CCCCCONO. The van der Waals surface area contributed by atoms with Gasteiger partial charge in [0, 0.05) is 26.1 Å². The molecule has 30 heavy (non-hydrogen) atoms. The van der Waals surface area contributed by atoms with E-state index in [0.29, 0.717) is 32.7 Å². The van der Waals surface area contributed by atoms with Gasteiger partial charge in [-0.25, -0.2) is 0 Å². The summed E-state index contributed by atoms with van der Waals surface area (Å²) >= 11 is 0. The van der Waals surface area contributed by atoms with Gasteiger partial charge in [0.2, 0.25) is 11.8 Å². The third kappa shape index (κ3) is 7.07. The Bertz CT molecular complexity index is 622. The van der Waals surface area contributed by atoms with E-state index in [1.807, 2.05) is 62.9 Å². The smallest absolute Gasteiger partial charge is 0.233 e. The topological polar surface area (TPSA) is 90.9 Å². The summed E-state index contributed by atoms with van der Waals surface area (Å²) in [6, 6.07) is 9.94. The number of carbonyl (C=O) groups excluding carboxylic acids is 2. The molecule has 7 heteroatoms. The second kappa shape index (κ2) is 14.1. The van der Waals surface area contributed by atoms with E-state index in [1.54, 1.807) is 5.64 Å². The summed E-state index contributed by atoms with van der Waals surface area (Å²) in [5.74, 6) is 0.321. The van der Waals surface area contributed by atoms with Gasteiger partial charge in [-0.05, 0) is 44.6 Å². The molecule has 170 valence electrons. The van der Waals surface area contributed by atoms with Crippen molar-refractivity contribution in [2.24, 2.45) is 5.92 Å². The number of likely N-dealkylation sites (N-methyl/N-ethyl adjacent to an activating group) is 1. The average Bonchev–Trinajstić information content (AvgIpc) is 3.53. The van der Waals surface area contributed by atoms with E-state index in [-0.39, 0.29) is 17.7 Å². The van der Waals surface area contributed by atoms with Crippen molar-refractivity contribution >= 4 is 11.8 Å². The number of nitrogens with zero attached hydrogens (tertiary/aromatic N) is 1. The van der Waals surface area contributed by atoms with Crippen molar-refractivity contribution < 1.29 is 19.6 Å². The van der Waals surface area contributed by atoms with Crippen LogP contribution in [0.2, 0.25) is 0 Å². The van der Waals surface area contributed by atoms with Crippen LogP contribution in [0.3, 0.4) is 0 Å². The first kappa shape index (κ1) is 26.1. The van der Waals surface area contributed by atoms with Crippen molar-refractivity contribution in [2.75, 3.05) is 26.2 Å². The highest BCUT2D eigenvalue weighted by molar-refractivity contribution is 5.92. The summed E-state index contributed by atoms with van der Waals surface area (Å²) < 4.78 is 0. The minimum absolute atomic E-state index is 0.0188. The number of rotatable bonds is 13. The van der Waals surface area contributed by atoms with E-state index in [9.17, 15) is 9.59 Å². The standard InChI is InChI=1S/C21H33N3O4.C2H6/c1-3-24(4-2)20(26)21(17-11-7-5-8-12-17)15-18(21)16-22-19(25)13-9-6-10-14-28-23-27;1-2/h5,7-8,11-12,18,23,27H,3-4,6,9-10,13-16H2,1-2H3,(H,22,25);1-2H3/t18-,21+;/m1./s1. The van der Waals surface area contributed by atoms with E-state index < -0.39 is 5.41 Å². The first-order valence-electron chi connectivity index (χ1n) is 11.2. The molecule has 1 aromatic rings. The Morgan fingerprint density at radius 2 is 1.80 bits per heavy atom. The largest absolute Gasteiger partial charge is 0.356 e. The van der Waals surface area contributed by atoms with Crippen molar-refractivity contribution in [1.82, 2.24) is 15.9 Å². The van der Waals surface area contributed by atoms with Gasteiger partial charge in [-0.2, -0.15) is 0 Å². The molecule has 1 aromatic carbocycles. The number of unbranched alkanes of at least 4 members (excludes halogenated alkanes) is 2. The molecule has 0 radical (unpaired) electrons. The molecule has 0 bridgehead atoms. The normalized spacial score (nSPS) is 19.4. The maximum absolute atomic E-state index is 13.2. The van der Waals surface area contributed by atoms with Crippen LogP contribution >= 0.6 is 0 Å². The Labute approximate surface area is 181 Å². The molecule has 0 aromatic heterocycles. The van der Waals surface area contributed by atoms with Gasteiger partial charge in [0.1, 0.15) is 0 Å². The van der Waals surface area contributed by atoms with E-state index in [1.165, 1.54) is 0 Å². The van der Waals surface area contributed by atoms with Crippen molar-refractivity contribution in [3.63, 3.8) is 0 Å². The molecule has 0 unspecified atom stereocenters. The van der Waals surface area contributed by atoms with Gasteiger partial charge < -0.3 is 10.2 Å². The van der Waals surface area contributed by atoms with Gasteiger partial charge in [-0.1, -0.05) is 56.2 Å². The van der Waals surface area contributed by atoms with Crippen molar-refractivity contribution in [1.29, 1.82) is 0 Å². The van der Waals surface area contributed by atoms with Crippen LogP contribution in [0.5, 0.6) is 0 Å². The highest BCUT2D eigenvalue weighted by atomic mass is 16.8. The monoisotopic (exact) mass is 421 g/mol. The second-order valence-electron chi connectivity index (χ2n) is 7.27. The maximum atomic E-state index is 13.2. The molecule has 0 heterocycles. The van der Waals surface area contributed by atoms with Gasteiger partial charge >= 0.3 is 0 Å². The van der Waals surface area contributed by atoms with Crippen LogP contribution in [0.4, 0.5) is 0 Å². The Morgan fingerprint density at radius 1 is 1.13 bits per heavy atom. The van der Waals surface area contributed by atoms with Crippen molar-refractivity contribution in [2.45, 2.75) is 65.2 Å². The fourth-order valence-corrected chi connectivity index (χ4v) is 3.85. The third-order valence-electron chi connectivity index (χ3n) is 5.59. The zero-order chi connectivity index (χ0) is 22.4. The van der Waals surface area contributed by atoms with Crippen LogP contribution in [-0.4, -0.2) is 48.2 Å².